The lowest BCUT2D eigenvalue weighted by Gasteiger charge is -2.22. The molecule has 0 amide bonds. The summed E-state index contributed by atoms with van der Waals surface area (Å²) in [5.41, 5.74) is 12.6. The van der Waals surface area contributed by atoms with Gasteiger partial charge in [0.2, 0.25) is 0 Å². The second kappa shape index (κ2) is 5.48. The van der Waals surface area contributed by atoms with E-state index in [0.717, 1.165) is 0 Å². The molecule has 0 bridgehead atoms. The summed E-state index contributed by atoms with van der Waals surface area (Å²) >= 11 is 0. The number of nitrogen functional groups attached to an aromatic ring is 1. The van der Waals surface area contributed by atoms with Crippen molar-refractivity contribution >= 4 is 15.5 Å². The molecule has 0 spiro atoms. The van der Waals surface area contributed by atoms with E-state index in [1.165, 1.54) is 6.92 Å². The Morgan fingerprint density at radius 2 is 2.06 bits per heavy atom. The third-order valence-electron chi connectivity index (χ3n) is 2.74. The molecule has 5 nitrogen and oxygen atoms in total. The summed E-state index contributed by atoms with van der Waals surface area (Å²) < 4.78 is 23.5. The molecule has 1 rings (SSSR count). The smallest absolute Gasteiger partial charge is 0.157 e. The zero-order valence-corrected chi connectivity index (χ0v) is 10.5. The van der Waals surface area contributed by atoms with Crippen LogP contribution in [0.5, 0.6) is 0 Å². The van der Waals surface area contributed by atoms with Crippen LogP contribution in [0.25, 0.3) is 0 Å². The standard InChI is InChI=1S/C11H18N2O3S/c1-2-17(15,16)10(7-14)11(13)8-4-3-5-9(12)6-8/h3-6,10-11,14H,2,7,12-13H2,1H3/t10-,11+/m0/s1. The summed E-state index contributed by atoms with van der Waals surface area (Å²) in [5, 5.41) is 8.21. The van der Waals surface area contributed by atoms with Gasteiger partial charge in [0.05, 0.1) is 6.61 Å². The van der Waals surface area contributed by atoms with Gasteiger partial charge in [-0.3, -0.25) is 0 Å². The van der Waals surface area contributed by atoms with Gasteiger partial charge in [-0.05, 0) is 17.7 Å². The molecular weight excluding hydrogens is 240 g/mol. The van der Waals surface area contributed by atoms with E-state index in [1.54, 1.807) is 24.3 Å². The number of hydrogen-bond donors (Lipinski definition) is 3. The molecule has 6 heteroatoms. The summed E-state index contributed by atoms with van der Waals surface area (Å²) in [6.45, 7) is 1.04. The fraction of sp³-hybridized carbons (Fsp3) is 0.455. The molecule has 1 aromatic rings. The number of nitrogens with two attached hydrogens (primary N) is 2. The Hall–Kier alpha value is -1.11. The van der Waals surface area contributed by atoms with Crippen molar-refractivity contribution in [3.63, 3.8) is 0 Å². The minimum absolute atomic E-state index is 0.0474. The molecule has 0 aromatic heterocycles. The Balaban J connectivity index is 3.06. The molecule has 96 valence electrons. The Kier molecular flexibility index (Phi) is 4.50. The summed E-state index contributed by atoms with van der Waals surface area (Å²) in [5.74, 6) is -0.0474. The van der Waals surface area contributed by atoms with E-state index in [4.69, 9.17) is 11.5 Å². The Labute approximate surface area is 101 Å². The lowest BCUT2D eigenvalue weighted by molar-refractivity contribution is 0.277. The molecule has 2 atom stereocenters. The number of sulfone groups is 1. The lowest BCUT2D eigenvalue weighted by atomic mass is 10.0. The van der Waals surface area contributed by atoms with E-state index in [9.17, 15) is 13.5 Å². The monoisotopic (exact) mass is 258 g/mol. The topological polar surface area (TPSA) is 106 Å². The largest absolute Gasteiger partial charge is 0.399 e. The SMILES string of the molecule is CCS(=O)(=O)[C@@H](CO)[C@H](N)c1cccc(N)c1. The van der Waals surface area contributed by atoms with Gasteiger partial charge in [0.25, 0.3) is 0 Å². The summed E-state index contributed by atoms with van der Waals surface area (Å²) in [6, 6.07) is 5.96. The van der Waals surface area contributed by atoms with Crippen molar-refractivity contribution in [3.05, 3.63) is 29.8 Å². The van der Waals surface area contributed by atoms with Crippen LogP contribution in [-0.4, -0.2) is 31.1 Å². The van der Waals surface area contributed by atoms with Gasteiger partial charge in [0.15, 0.2) is 9.84 Å². The van der Waals surface area contributed by atoms with E-state index >= 15 is 0 Å². The zero-order valence-electron chi connectivity index (χ0n) is 9.70. The number of aliphatic hydroxyl groups is 1. The highest BCUT2D eigenvalue weighted by molar-refractivity contribution is 7.92. The Morgan fingerprint density at radius 1 is 1.41 bits per heavy atom. The molecule has 0 saturated carbocycles. The minimum Gasteiger partial charge on any atom is -0.399 e. The first kappa shape index (κ1) is 14.0. The zero-order chi connectivity index (χ0) is 13.1. The first-order chi connectivity index (χ1) is 7.92. The quantitative estimate of drug-likeness (QED) is 0.648. The van der Waals surface area contributed by atoms with E-state index in [1.807, 2.05) is 0 Å². The van der Waals surface area contributed by atoms with Gasteiger partial charge < -0.3 is 16.6 Å². The van der Waals surface area contributed by atoms with Crippen LogP contribution in [0.4, 0.5) is 5.69 Å². The predicted molar refractivity (Wildman–Crippen MR) is 68.1 cm³/mol. The van der Waals surface area contributed by atoms with Crippen LogP contribution in [0.15, 0.2) is 24.3 Å². The van der Waals surface area contributed by atoms with Crippen molar-refractivity contribution in [1.82, 2.24) is 0 Å². The Bertz CT molecular complexity index is 473. The normalized spacial score (nSPS) is 15.5. The molecule has 0 heterocycles. The number of aliphatic hydroxyl groups excluding tert-OH is 1. The minimum atomic E-state index is -3.39. The molecule has 0 aliphatic heterocycles. The van der Waals surface area contributed by atoms with Crippen LogP contribution in [0.1, 0.15) is 18.5 Å². The molecule has 0 aliphatic carbocycles. The third-order valence-corrected chi connectivity index (χ3v) is 4.91. The van der Waals surface area contributed by atoms with Gasteiger partial charge in [0.1, 0.15) is 5.25 Å². The van der Waals surface area contributed by atoms with Gasteiger partial charge in [-0.25, -0.2) is 8.42 Å². The summed E-state index contributed by atoms with van der Waals surface area (Å²) in [6.07, 6.45) is 0. The van der Waals surface area contributed by atoms with Gasteiger partial charge in [0, 0.05) is 17.5 Å². The molecule has 17 heavy (non-hydrogen) atoms. The molecule has 5 N–H and O–H groups in total. The highest BCUT2D eigenvalue weighted by Crippen LogP contribution is 2.21. The highest BCUT2D eigenvalue weighted by atomic mass is 32.2. The molecular formula is C11H18N2O3S. The number of anilines is 1. The second-order valence-corrected chi connectivity index (χ2v) is 6.38. The first-order valence-corrected chi connectivity index (χ1v) is 7.07. The fourth-order valence-electron chi connectivity index (χ4n) is 1.65. The van der Waals surface area contributed by atoms with Crippen LogP contribution in [0.3, 0.4) is 0 Å². The molecule has 0 fully saturated rings. The average molecular weight is 258 g/mol. The first-order valence-electron chi connectivity index (χ1n) is 5.35. The maximum atomic E-state index is 11.8. The Morgan fingerprint density at radius 3 is 2.53 bits per heavy atom. The number of hydrogen-bond acceptors (Lipinski definition) is 5. The number of rotatable bonds is 5. The summed E-state index contributed by atoms with van der Waals surface area (Å²) in [7, 11) is -3.39. The van der Waals surface area contributed by atoms with Crippen LogP contribution in [0.2, 0.25) is 0 Å². The summed E-state index contributed by atoms with van der Waals surface area (Å²) in [4.78, 5) is 0. The van der Waals surface area contributed by atoms with Crippen molar-refractivity contribution in [1.29, 1.82) is 0 Å². The van der Waals surface area contributed by atoms with Gasteiger partial charge in [-0.1, -0.05) is 19.1 Å². The van der Waals surface area contributed by atoms with Crippen molar-refractivity contribution in [2.24, 2.45) is 5.73 Å². The van der Waals surface area contributed by atoms with Crippen LogP contribution < -0.4 is 11.5 Å². The maximum Gasteiger partial charge on any atom is 0.157 e. The van der Waals surface area contributed by atoms with Gasteiger partial charge in [-0.15, -0.1) is 0 Å². The van der Waals surface area contributed by atoms with Crippen LogP contribution in [0, 0.1) is 0 Å². The molecule has 0 unspecified atom stereocenters. The van der Waals surface area contributed by atoms with E-state index < -0.39 is 27.7 Å². The van der Waals surface area contributed by atoms with Crippen LogP contribution >= 0.6 is 0 Å². The third kappa shape index (κ3) is 3.18. The molecule has 0 saturated heterocycles. The predicted octanol–water partition coefficient (Wildman–Crippen LogP) is 0.0642. The van der Waals surface area contributed by atoms with Crippen molar-refractivity contribution in [2.45, 2.75) is 18.2 Å². The van der Waals surface area contributed by atoms with E-state index in [-0.39, 0.29) is 5.75 Å². The molecule has 1 aromatic carbocycles. The van der Waals surface area contributed by atoms with Gasteiger partial charge >= 0.3 is 0 Å². The second-order valence-electron chi connectivity index (χ2n) is 3.87. The maximum absolute atomic E-state index is 11.8. The van der Waals surface area contributed by atoms with E-state index in [2.05, 4.69) is 0 Å². The van der Waals surface area contributed by atoms with Crippen molar-refractivity contribution in [2.75, 3.05) is 18.1 Å². The molecule has 0 aliphatic rings. The average Bonchev–Trinajstić information content (AvgIpc) is 2.29. The molecule has 0 radical (unpaired) electrons. The van der Waals surface area contributed by atoms with Crippen molar-refractivity contribution < 1.29 is 13.5 Å². The van der Waals surface area contributed by atoms with Crippen molar-refractivity contribution in [3.8, 4) is 0 Å². The lowest BCUT2D eigenvalue weighted by Crippen LogP contribution is -2.37. The van der Waals surface area contributed by atoms with Gasteiger partial charge in [-0.2, -0.15) is 0 Å². The fourth-order valence-corrected chi connectivity index (χ4v) is 2.90. The highest BCUT2D eigenvalue weighted by Gasteiger charge is 2.30. The van der Waals surface area contributed by atoms with E-state index in [0.29, 0.717) is 11.3 Å². The number of benzene rings is 1. The van der Waals surface area contributed by atoms with Crippen LogP contribution in [-0.2, 0) is 9.84 Å².